The normalized spacial score (nSPS) is 10.6. The van der Waals surface area contributed by atoms with Crippen molar-refractivity contribution in [2.24, 2.45) is 5.73 Å². The second kappa shape index (κ2) is 7.16. The van der Waals surface area contributed by atoms with Crippen LogP contribution >= 0.6 is 11.8 Å². The molecule has 0 aliphatic rings. The zero-order valence-electron chi connectivity index (χ0n) is 11.0. The quantitative estimate of drug-likeness (QED) is 0.617. The maximum absolute atomic E-state index is 5.63. The molecule has 2 N–H and O–H groups in total. The molecule has 0 unspecified atom stereocenters. The average Bonchev–Trinajstić information content (AvgIpc) is 2.78. The van der Waals surface area contributed by atoms with Gasteiger partial charge < -0.3 is 15.0 Å². The lowest BCUT2D eigenvalue weighted by Gasteiger charge is -2.07. The first-order chi connectivity index (χ1) is 9.31. The zero-order valence-corrected chi connectivity index (χ0v) is 11.8. The molecule has 0 fully saturated rings. The monoisotopic (exact) mass is 278 g/mol. The Morgan fingerprint density at radius 1 is 1.26 bits per heavy atom. The molecule has 6 heteroatoms. The highest BCUT2D eigenvalue weighted by Gasteiger charge is 2.08. The molecular formula is C13H18N4OS. The van der Waals surface area contributed by atoms with E-state index in [1.807, 2.05) is 41.8 Å². The molecule has 19 heavy (non-hydrogen) atoms. The first-order valence-corrected chi connectivity index (χ1v) is 7.20. The highest BCUT2D eigenvalue weighted by molar-refractivity contribution is 7.99. The van der Waals surface area contributed by atoms with Crippen LogP contribution < -0.4 is 10.5 Å². The van der Waals surface area contributed by atoms with E-state index in [1.165, 1.54) is 0 Å². The van der Waals surface area contributed by atoms with Crippen LogP contribution in [0, 0.1) is 6.92 Å². The Bertz CT molecular complexity index is 501. The molecule has 5 nitrogen and oxygen atoms in total. The van der Waals surface area contributed by atoms with Crippen molar-refractivity contribution in [2.45, 2.75) is 18.6 Å². The summed E-state index contributed by atoms with van der Waals surface area (Å²) in [5.41, 5.74) is 5.58. The van der Waals surface area contributed by atoms with E-state index in [-0.39, 0.29) is 0 Å². The van der Waals surface area contributed by atoms with Crippen molar-refractivity contribution in [3.05, 3.63) is 36.2 Å². The fourth-order valence-corrected chi connectivity index (χ4v) is 2.49. The van der Waals surface area contributed by atoms with Crippen molar-refractivity contribution >= 4 is 11.8 Å². The summed E-state index contributed by atoms with van der Waals surface area (Å²) < 4.78 is 7.67. The van der Waals surface area contributed by atoms with E-state index in [9.17, 15) is 0 Å². The summed E-state index contributed by atoms with van der Waals surface area (Å²) in [5, 5.41) is 9.11. The molecule has 0 saturated heterocycles. The first kappa shape index (κ1) is 13.9. The van der Waals surface area contributed by atoms with E-state index >= 15 is 0 Å². The predicted octanol–water partition coefficient (Wildman–Crippen LogP) is 1.72. The van der Waals surface area contributed by atoms with E-state index in [1.54, 1.807) is 11.8 Å². The molecule has 0 spiro atoms. The Hall–Kier alpha value is -1.53. The SMILES string of the molecule is Cc1nnc(SCCOc2ccccc2)n1CCN. The molecule has 102 valence electrons. The number of hydrogen-bond acceptors (Lipinski definition) is 5. The molecule has 2 rings (SSSR count). The molecular weight excluding hydrogens is 260 g/mol. The summed E-state index contributed by atoms with van der Waals surface area (Å²) in [6, 6.07) is 9.80. The minimum Gasteiger partial charge on any atom is -0.493 e. The van der Waals surface area contributed by atoms with Gasteiger partial charge in [-0.15, -0.1) is 10.2 Å². The van der Waals surface area contributed by atoms with Gasteiger partial charge in [0.05, 0.1) is 6.61 Å². The van der Waals surface area contributed by atoms with Crippen molar-refractivity contribution in [1.29, 1.82) is 0 Å². The van der Waals surface area contributed by atoms with Gasteiger partial charge in [-0.1, -0.05) is 30.0 Å². The molecule has 0 atom stereocenters. The zero-order chi connectivity index (χ0) is 13.5. The standard InChI is InChI=1S/C13H18N4OS/c1-11-15-16-13(17(11)8-7-14)19-10-9-18-12-5-3-2-4-6-12/h2-6H,7-10,14H2,1H3. The van der Waals surface area contributed by atoms with Gasteiger partial charge in [-0.2, -0.15) is 0 Å². The van der Waals surface area contributed by atoms with Crippen LogP contribution in [0.4, 0.5) is 0 Å². The van der Waals surface area contributed by atoms with Crippen LogP contribution in [-0.4, -0.2) is 33.7 Å². The number of nitrogens with zero attached hydrogens (tertiary/aromatic N) is 3. The molecule has 0 aliphatic carbocycles. The number of thioether (sulfide) groups is 1. The molecule has 0 radical (unpaired) electrons. The largest absolute Gasteiger partial charge is 0.493 e. The van der Waals surface area contributed by atoms with Crippen molar-refractivity contribution in [1.82, 2.24) is 14.8 Å². The summed E-state index contributed by atoms with van der Waals surface area (Å²) in [6.07, 6.45) is 0. The van der Waals surface area contributed by atoms with Crippen LogP contribution in [0.5, 0.6) is 5.75 Å². The summed E-state index contributed by atoms with van der Waals surface area (Å²) in [6.45, 7) is 3.92. The van der Waals surface area contributed by atoms with Crippen LogP contribution in [-0.2, 0) is 6.54 Å². The topological polar surface area (TPSA) is 66.0 Å². The second-order valence-corrected chi connectivity index (χ2v) is 5.04. The van der Waals surface area contributed by atoms with Crippen molar-refractivity contribution in [3.63, 3.8) is 0 Å². The first-order valence-electron chi connectivity index (χ1n) is 6.22. The van der Waals surface area contributed by atoms with E-state index in [0.29, 0.717) is 13.2 Å². The van der Waals surface area contributed by atoms with Gasteiger partial charge in [0.1, 0.15) is 11.6 Å². The minimum absolute atomic E-state index is 0.590. The van der Waals surface area contributed by atoms with E-state index < -0.39 is 0 Å². The summed E-state index contributed by atoms with van der Waals surface area (Å²) >= 11 is 1.64. The van der Waals surface area contributed by atoms with Gasteiger partial charge >= 0.3 is 0 Å². The maximum atomic E-state index is 5.63. The number of rotatable bonds is 7. The van der Waals surface area contributed by atoms with Gasteiger partial charge in [0, 0.05) is 18.8 Å². The van der Waals surface area contributed by atoms with Crippen molar-refractivity contribution < 1.29 is 4.74 Å². The Balaban J connectivity index is 1.80. The van der Waals surface area contributed by atoms with Crippen LogP contribution in [0.2, 0.25) is 0 Å². The average molecular weight is 278 g/mol. The lowest BCUT2D eigenvalue weighted by atomic mass is 10.3. The van der Waals surface area contributed by atoms with Crippen molar-refractivity contribution in [2.75, 3.05) is 18.9 Å². The number of hydrogen-bond donors (Lipinski definition) is 1. The smallest absolute Gasteiger partial charge is 0.191 e. The molecule has 0 saturated carbocycles. The highest BCUT2D eigenvalue weighted by Crippen LogP contribution is 2.17. The molecule has 1 heterocycles. The summed E-state index contributed by atoms with van der Waals surface area (Å²) in [5.74, 6) is 2.62. The minimum atomic E-state index is 0.590. The van der Waals surface area contributed by atoms with E-state index in [0.717, 1.165) is 29.0 Å². The molecule has 0 amide bonds. The van der Waals surface area contributed by atoms with Gasteiger partial charge in [-0.05, 0) is 19.1 Å². The number of benzene rings is 1. The van der Waals surface area contributed by atoms with E-state index in [4.69, 9.17) is 10.5 Å². The van der Waals surface area contributed by atoms with Crippen LogP contribution in [0.3, 0.4) is 0 Å². The molecule has 1 aromatic heterocycles. The van der Waals surface area contributed by atoms with Gasteiger partial charge in [-0.25, -0.2) is 0 Å². The van der Waals surface area contributed by atoms with Crippen LogP contribution in [0.25, 0.3) is 0 Å². The Morgan fingerprint density at radius 3 is 2.79 bits per heavy atom. The fourth-order valence-electron chi connectivity index (χ4n) is 1.66. The van der Waals surface area contributed by atoms with Crippen LogP contribution in [0.15, 0.2) is 35.5 Å². The van der Waals surface area contributed by atoms with Gasteiger partial charge in [0.2, 0.25) is 0 Å². The summed E-state index contributed by atoms with van der Waals surface area (Å²) in [7, 11) is 0. The van der Waals surface area contributed by atoms with Gasteiger partial charge in [-0.3, -0.25) is 0 Å². The number of nitrogens with two attached hydrogens (primary N) is 1. The third-order valence-electron chi connectivity index (χ3n) is 2.58. The van der Waals surface area contributed by atoms with Crippen LogP contribution in [0.1, 0.15) is 5.82 Å². The van der Waals surface area contributed by atoms with Gasteiger partial charge in [0.15, 0.2) is 5.16 Å². The third-order valence-corrected chi connectivity index (χ3v) is 3.51. The number of ether oxygens (including phenoxy) is 1. The second-order valence-electron chi connectivity index (χ2n) is 3.98. The molecule has 2 aromatic rings. The highest BCUT2D eigenvalue weighted by atomic mass is 32.2. The molecule has 0 aliphatic heterocycles. The molecule has 1 aromatic carbocycles. The van der Waals surface area contributed by atoms with Crippen molar-refractivity contribution in [3.8, 4) is 5.75 Å². The van der Waals surface area contributed by atoms with Gasteiger partial charge in [0.25, 0.3) is 0 Å². The predicted molar refractivity (Wildman–Crippen MR) is 76.5 cm³/mol. The molecule has 0 bridgehead atoms. The lowest BCUT2D eigenvalue weighted by Crippen LogP contribution is -2.12. The number of aromatic nitrogens is 3. The Morgan fingerprint density at radius 2 is 2.05 bits per heavy atom. The van der Waals surface area contributed by atoms with E-state index in [2.05, 4.69) is 10.2 Å². The summed E-state index contributed by atoms with van der Waals surface area (Å²) in [4.78, 5) is 0. The Kier molecular flexibility index (Phi) is 5.23. The fraction of sp³-hybridized carbons (Fsp3) is 0.385. The lowest BCUT2D eigenvalue weighted by molar-refractivity contribution is 0.344. The number of aryl methyl sites for hydroxylation is 1. The third kappa shape index (κ3) is 3.97. The maximum Gasteiger partial charge on any atom is 0.191 e. The Labute approximate surface area is 117 Å². The number of para-hydroxylation sites is 1.